The van der Waals surface area contributed by atoms with E-state index in [1.165, 1.54) is 5.52 Å². The Bertz CT molecular complexity index is 825. The number of hydrogen-bond acceptors (Lipinski definition) is 6. The first-order chi connectivity index (χ1) is 13.9. The molecular formula is C20H28N4O5. The van der Waals surface area contributed by atoms with Crippen molar-refractivity contribution in [3.63, 3.8) is 0 Å². The molecule has 0 unspecified atom stereocenters. The summed E-state index contributed by atoms with van der Waals surface area (Å²) in [6.07, 6.45) is 1.12. The fraction of sp³-hybridized carbons (Fsp3) is 0.450. The first kappa shape index (κ1) is 22.4. The summed E-state index contributed by atoms with van der Waals surface area (Å²) in [5.74, 6) is -1.43. The van der Waals surface area contributed by atoms with Crippen LogP contribution in [0, 0.1) is 0 Å². The van der Waals surface area contributed by atoms with Crippen molar-refractivity contribution in [3.05, 3.63) is 36.4 Å². The lowest BCUT2D eigenvalue weighted by Gasteiger charge is -2.33. The summed E-state index contributed by atoms with van der Waals surface area (Å²) in [6.45, 7) is 8.64. The molecule has 9 nitrogen and oxygen atoms in total. The zero-order valence-corrected chi connectivity index (χ0v) is 16.8. The number of anilines is 1. The number of benzene rings is 1. The molecule has 1 fully saturated rings. The molecule has 3 rings (SSSR count). The van der Waals surface area contributed by atoms with E-state index < -0.39 is 11.9 Å². The van der Waals surface area contributed by atoms with Gasteiger partial charge in [0, 0.05) is 51.5 Å². The molecule has 1 aromatic carbocycles. The largest absolute Gasteiger partial charge is 0.478 e. The predicted molar refractivity (Wildman–Crippen MR) is 110 cm³/mol. The molecule has 1 saturated heterocycles. The molecular weight excluding hydrogens is 376 g/mol. The molecule has 0 bridgehead atoms. The van der Waals surface area contributed by atoms with Crippen molar-refractivity contribution in [2.75, 3.05) is 51.3 Å². The molecule has 158 valence electrons. The Morgan fingerprint density at radius 1 is 1.10 bits per heavy atom. The van der Waals surface area contributed by atoms with Crippen molar-refractivity contribution in [2.45, 2.75) is 13.5 Å². The number of carboxylic acids is 2. The molecule has 1 aromatic heterocycles. The summed E-state index contributed by atoms with van der Waals surface area (Å²) in [7, 11) is 2.18. The van der Waals surface area contributed by atoms with Gasteiger partial charge in [0.05, 0.1) is 17.6 Å². The summed E-state index contributed by atoms with van der Waals surface area (Å²) in [5, 5.41) is 15.6. The van der Waals surface area contributed by atoms with Gasteiger partial charge in [0.2, 0.25) is 5.95 Å². The molecule has 0 radical (unpaired) electrons. The van der Waals surface area contributed by atoms with Crippen molar-refractivity contribution in [3.8, 4) is 0 Å². The average molecular weight is 404 g/mol. The zero-order valence-electron chi connectivity index (χ0n) is 16.8. The third-order valence-electron chi connectivity index (χ3n) is 4.45. The van der Waals surface area contributed by atoms with Crippen LogP contribution in [0.25, 0.3) is 11.0 Å². The normalized spacial score (nSPS) is 14.8. The second-order valence-corrected chi connectivity index (χ2v) is 6.55. The number of imidazole rings is 1. The van der Waals surface area contributed by atoms with Gasteiger partial charge in [-0.2, -0.15) is 0 Å². The zero-order chi connectivity index (χ0) is 21.2. The molecule has 0 aliphatic carbocycles. The van der Waals surface area contributed by atoms with E-state index in [1.807, 2.05) is 6.92 Å². The standard InChI is InChI=1S/C16H24N4O.C4H4O4/c1-3-21-13-12-20-15-7-5-4-6-14(15)17-16(20)19-10-8-18(2)9-11-19;5-3(6)1-2-4(7)8/h4-7H,3,8-13H2,1-2H3;1-2H,(H,5,6)(H,7,8)/b;2-1+. The number of rotatable bonds is 7. The van der Waals surface area contributed by atoms with Gasteiger partial charge in [-0.05, 0) is 26.1 Å². The third-order valence-corrected chi connectivity index (χ3v) is 4.45. The quantitative estimate of drug-likeness (QED) is 0.528. The number of likely N-dealkylation sites (N-methyl/N-ethyl adjacent to an activating group) is 1. The highest BCUT2D eigenvalue weighted by atomic mass is 16.5. The summed E-state index contributed by atoms with van der Waals surface area (Å²) in [4.78, 5) is 28.7. The maximum absolute atomic E-state index is 9.55. The molecule has 0 saturated carbocycles. The van der Waals surface area contributed by atoms with Crippen LogP contribution < -0.4 is 4.90 Å². The number of fused-ring (bicyclic) bond motifs is 1. The van der Waals surface area contributed by atoms with E-state index >= 15 is 0 Å². The van der Waals surface area contributed by atoms with Crippen LogP contribution in [-0.2, 0) is 20.9 Å². The number of hydrogen-bond donors (Lipinski definition) is 2. The Hall–Kier alpha value is -2.91. The van der Waals surface area contributed by atoms with E-state index in [2.05, 4.69) is 45.7 Å². The van der Waals surface area contributed by atoms with E-state index in [9.17, 15) is 9.59 Å². The Morgan fingerprint density at radius 3 is 2.31 bits per heavy atom. The molecule has 29 heavy (non-hydrogen) atoms. The van der Waals surface area contributed by atoms with Crippen molar-refractivity contribution in [1.82, 2.24) is 14.5 Å². The van der Waals surface area contributed by atoms with Crippen LogP contribution >= 0.6 is 0 Å². The molecule has 0 amide bonds. The molecule has 2 heterocycles. The van der Waals surface area contributed by atoms with Crippen LogP contribution in [0.2, 0.25) is 0 Å². The smallest absolute Gasteiger partial charge is 0.328 e. The van der Waals surface area contributed by atoms with E-state index in [0.717, 1.165) is 57.4 Å². The van der Waals surface area contributed by atoms with E-state index in [1.54, 1.807) is 0 Å². The van der Waals surface area contributed by atoms with Gasteiger partial charge in [0.1, 0.15) is 0 Å². The van der Waals surface area contributed by atoms with Gasteiger partial charge in [0.25, 0.3) is 0 Å². The minimum Gasteiger partial charge on any atom is -0.478 e. The van der Waals surface area contributed by atoms with Crippen LogP contribution in [0.1, 0.15) is 6.92 Å². The highest BCUT2D eigenvalue weighted by Crippen LogP contribution is 2.23. The highest BCUT2D eigenvalue weighted by molar-refractivity contribution is 5.89. The topological polar surface area (TPSA) is 108 Å². The Kier molecular flexibility index (Phi) is 8.63. The molecule has 0 spiro atoms. The lowest BCUT2D eigenvalue weighted by atomic mass is 10.3. The molecule has 2 N–H and O–H groups in total. The van der Waals surface area contributed by atoms with Crippen LogP contribution in [0.15, 0.2) is 36.4 Å². The monoisotopic (exact) mass is 404 g/mol. The number of carboxylic acid groups (broad SMARTS) is 2. The lowest BCUT2D eigenvalue weighted by molar-refractivity contribution is -0.134. The number of piperazine rings is 1. The average Bonchev–Trinajstić information content (AvgIpc) is 3.06. The minimum absolute atomic E-state index is 0.558. The molecule has 0 atom stereocenters. The number of nitrogens with zero attached hydrogens (tertiary/aromatic N) is 4. The summed E-state index contributed by atoms with van der Waals surface area (Å²) in [6, 6.07) is 8.37. The summed E-state index contributed by atoms with van der Waals surface area (Å²) in [5.41, 5.74) is 2.27. The fourth-order valence-electron chi connectivity index (χ4n) is 2.97. The van der Waals surface area contributed by atoms with Crippen LogP contribution in [0.3, 0.4) is 0 Å². The number of aliphatic carboxylic acids is 2. The first-order valence-corrected chi connectivity index (χ1v) is 9.52. The van der Waals surface area contributed by atoms with E-state index in [0.29, 0.717) is 12.2 Å². The number of aromatic nitrogens is 2. The minimum atomic E-state index is -1.26. The fourth-order valence-corrected chi connectivity index (χ4v) is 2.97. The first-order valence-electron chi connectivity index (χ1n) is 9.52. The van der Waals surface area contributed by atoms with Gasteiger partial charge >= 0.3 is 11.9 Å². The molecule has 1 aliphatic heterocycles. The maximum Gasteiger partial charge on any atom is 0.328 e. The Morgan fingerprint density at radius 2 is 1.72 bits per heavy atom. The van der Waals surface area contributed by atoms with E-state index in [-0.39, 0.29) is 0 Å². The third kappa shape index (κ3) is 6.88. The van der Waals surface area contributed by atoms with Gasteiger partial charge in [-0.3, -0.25) is 0 Å². The van der Waals surface area contributed by atoms with Crippen LogP contribution in [0.4, 0.5) is 5.95 Å². The maximum atomic E-state index is 9.55. The number of carbonyl (C=O) groups is 2. The molecule has 2 aromatic rings. The summed E-state index contributed by atoms with van der Waals surface area (Å²) < 4.78 is 7.84. The van der Waals surface area contributed by atoms with Crippen molar-refractivity contribution in [1.29, 1.82) is 0 Å². The Labute approximate surface area is 169 Å². The molecule has 9 heteroatoms. The SMILES string of the molecule is CCOCCn1c(N2CCN(C)CC2)nc2ccccc21.O=C(O)/C=C/C(=O)O. The number of ether oxygens (including phenoxy) is 1. The van der Waals surface area contributed by atoms with Gasteiger partial charge in [-0.1, -0.05) is 12.1 Å². The van der Waals surface area contributed by atoms with Crippen molar-refractivity contribution >= 4 is 28.9 Å². The summed E-state index contributed by atoms with van der Waals surface area (Å²) >= 11 is 0. The van der Waals surface area contributed by atoms with E-state index in [4.69, 9.17) is 19.9 Å². The highest BCUT2D eigenvalue weighted by Gasteiger charge is 2.20. The van der Waals surface area contributed by atoms with Gasteiger partial charge in [-0.25, -0.2) is 14.6 Å². The number of para-hydroxylation sites is 2. The van der Waals surface area contributed by atoms with Gasteiger partial charge in [-0.15, -0.1) is 0 Å². The van der Waals surface area contributed by atoms with Crippen molar-refractivity contribution < 1.29 is 24.5 Å². The lowest BCUT2D eigenvalue weighted by Crippen LogP contribution is -2.45. The van der Waals surface area contributed by atoms with Gasteiger partial charge < -0.3 is 29.3 Å². The predicted octanol–water partition coefficient (Wildman–Crippen LogP) is 1.54. The molecule has 1 aliphatic rings. The van der Waals surface area contributed by atoms with Crippen molar-refractivity contribution in [2.24, 2.45) is 0 Å². The Balaban J connectivity index is 0.000000321. The second kappa shape index (κ2) is 11.2. The van der Waals surface area contributed by atoms with Crippen LogP contribution in [0.5, 0.6) is 0 Å². The second-order valence-electron chi connectivity index (χ2n) is 6.55. The van der Waals surface area contributed by atoms with Crippen LogP contribution in [-0.4, -0.2) is 83.0 Å². The van der Waals surface area contributed by atoms with Gasteiger partial charge in [0.15, 0.2) is 0 Å².